The minimum Gasteiger partial charge on any atom is -0.508 e. The van der Waals surface area contributed by atoms with Crippen LogP contribution in [0.5, 0.6) is 5.75 Å². The van der Waals surface area contributed by atoms with Gasteiger partial charge in [0.15, 0.2) is 0 Å². The minimum absolute atomic E-state index is 0.0142. The maximum absolute atomic E-state index is 14.1. The molecule has 10 nitrogen and oxygen atoms in total. The molecule has 0 aliphatic rings. The number of phenolic OH excluding ortho intramolecular Hbond substituents is 1. The number of likely N-dealkylation sites (N-methyl/N-ethyl adjacent to an activating group) is 1. The fourth-order valence-corrected chi connectivity index (χ4v) is 4.39. The zero-order valence-electron chi connectivity index (χ0n) is 26.8. The van der Waals surface area contributed by atoms with Gasteiger partial charge in [0, 0.05) is 13.0 Å². The van der Waals surface area contributed by atoms with E-state index in [0.29, 0.717) is 5.56 Å². The molecule has 3 amide bonds. The van der Waals surface area contributed by atoms with Crippen molar-refractivity contribution in [2.75, 3.05) is 6.54 Å². The number of ether oxygens (including phenoxy) is 2. The van der Waals surface area contributed by atoms with Gasteiger partial charge in [-0.3, -0.25) is 9.59 Å². The van der Waals surface area contributed by atoms with Crippen LogP contribution in [-0.2, 0) is 30.3 Å². The molecule has 0 fully saturated rings. The molecule has 0 aliphatic carbocycles. The lowest BCUT2D eigenvalue weighted by Gasteiger charge is -2.35. The van der Waals surface area contributed by atoms with E-state index in [1.165, 1.54) is 17.0 Å². The van der Waals surface area contributed by atoms with E-state index in [1.807, 2.05) is 30.3 Å². The number of alkyl carbamates (subject to hydrolysis) is 1. The Balaban J connectivity index is 2.51. The fourth-order valence-electron chi connectivity index (χ4n) is 4.39. The van der Waals surface area contributed by atoms with Crippen molar-refractivity contribution in [2.24, 2.45) is 5.92 Å². The van der Waals surface area contributed by atoms with Gasteiger partial charge in [0.05, 0.1) is 0 Å². The predicted molar refractivity (Wildman–Crippen MR) is 164 cm³/mol. The number of carbonyl (C=O) groups is 4. The Labute approximate surface area is 255 Å². The van der Waals surface area contributed by atoms with Gasteiger partial charge < -0.3 is 30.1 Å². The molecule has 3 N–H and O–H groups in total. The van der Waals surface area contributed by atoms with E-state index in [2.05, 4.69) is 10.6 Å². The quantitative estimate of drug-likeness (QED) is 0.314. The first-order valence-electron chi connectivity index (χ1n) is 14.6. The van der Waals surface area contributed by atoms with Crippen molar-refractivity contribution in [1.29, 1.82) is 0 Å². The largest absolute Gasteiger partial charge is 0.508 e. The summed E-state index contributed by atoms with van der Waals surface area (Å²) in [6, 6.07) is 11.9. The summed E-state index contributed by atoms with van der Waals surface area (Å²) in [6.07, 6.45) is -0.590. The topological polar surface area (TPSA) is 134 Å². The van der Waals surface area contributed by atoms with Gasteiger partial charge >= 0.3 is 12.1 Å². The standard InChI is InChI=1S/C33H47N3O7/c1-10-36(29(39)26(21(2)3)35-31(41)43-33(7,8)9)27(23-16-18-24(37)19-17-23)28(38)34-25(30(40)42-32(4,5)6)20-22-14-12-11-13-15-22/h11-19,21,25-27,37H,10,20H2,1-9H3,(H,34,38)(H,35,41). The van der Waals surface area contributed by atoms with Crippen molar-refractivity contribution >= 4 is 23.9 Å². The second-order valence-electron chi connectivity index (χ2n) is 12.8. The number of benzene rings is 2. The monoisotopic (exact) mass is 597 g/mol. The molecule has 0 saturated carbocycles. The van der Waals surface area contributed by atoms with E-state index < -0.39 is 53.2 Å². The lowest BCUT2D eigenvalue weighted by atomic mass is 9.98. The van der Waals surface area contributed by atoms with Crippen LogP contribution in [0.2, 0.25) is 0 Å². The van der Waals surface area contributed by atoms with Gasteiger partial charge in [-0.1, -0.05) is 56.3 Å². The van der Waals surface area contributed by atoms with Crippen LogP contribution in [0.3, 0.4) is 0 Å². The second kappa shape index (κ2) is 14.9. The van der Waals surface area contributed by atoms with Crippen molar-refractivity contribution in [3.05, 3.63) is 65.7 Å². The number of nitrogens with one attached hydrogen (secondary N) is 2. The third-order valence-electron chi connectivity index (χ3n) is 6.29. The lowest BCUT2D eigenvalue weighted by Crippen LogP contribution is -2.56. The molecule has 3 atom stereocenters. The highest BCUT2D eigenvalue weighted by molar-refractivity contribution is 5.94. The maximum Gasteiger partial charge on any atom is 0.408 e. The van der Waals surface area contributed by atoms with Crippen LogP contribution in [0, 0.1) is 5.92 Å². The van der Waals surface area contributed by atoms with E-state index in [4.69, 9.17) is 9.47 Å². The average molecular weight is 598 g/mol. The number of carbonyl (C=O) groups excluding carboxylic acids is 4. The van der Waals surface area contributed by atoms with Crippen molar-refractivity contribution in [3.8, 4) is 5.75 Å². The van der Waals surface area contributed by atoms with Crippen molar-refractivity contribution in [1.82, 2.24) is 15.5 Å². The van der Waals surface area contributed by atoms with Crippen molar-refractivity contribution in [2.45, 2.75) is 98.1 Å². The molecule has 2 aromatic carbocycles. The molecule has 10 heteroatoms. The summed E-state index contributed by atoms with van der Waals surface area (Å²) in [5.74, 6) is -2.10. The van der Waals surface area contributed by atoms with Gasteiger partial charge in [0.2, 0.25) is 11.8 Å². The third-order valence-corrected chi connectivity index (χ3v) is 6.29. The van der Waals surface area contributed by atoms with Gasteiger partial charge in [-0.05, 0) is 77.6 Å². The number of esters is 1. The summed E-state index contributed by atoms with van der Waals surface area (Å²) in [6.45, 7) is 15.8. The summed E-state index contributed by atoms with van der Waals surface area (Å²) in [5, 5.41) is 15.4. The number of rotatable bonds is 11. The van der Waals surface area contributed by atoms with E-state index in [-0.39, 0.29) is 24.6 Å². The normalized spacial score (nSPS) is 13.8. The SMILES string of the molecule is CCN(C(=O)C(NC(=O)OC(C)(C)C)C(C)C)C(C(=O)NC(Cc1ccccc1)C(=O)OC(C)(C)C)c1ccc(O)cc1. The highest BCUT2D eigenvalue weighted by atomic mass is 16.6. The van der Waals surface area contributed by atoms with Crippen LogP contribution in [0.1, 0.15) is 79.5 Å². The fraction of sp³-hybridized carbons (Fsp3) is 0.515. The molecular formula is C33H47N3O7. The Hall–Kier alpha value is -4.08. The number of aromatic hydroxyl groups is 1. The summed E-state index contributed by atoms with van der Waals surface area (Å²) >= 11 is 0. The number of hydrogen-bond donors (Lipinski definition) is 3. The molecule has 0 aliphatic heterocycles. The first kappa shape index (κ1) is 35.1. The third kappa shape index (κ3) is 11.3. The van der Waals surface area contributed by atoms with Crippen LogP contribution in [0.4, 0.5) is 4.79 Å². The number of amides is 3. The molecular weight excluding hydrogens is 550 g/mol. The molecule has 2 aromatic rings. The highest BCUT2D eigenvalue weighted by Gasteiger charge is 2.38. The molecule has 0 saturated heterocycles. The molecule has 3 unspecified atom stereocenters. The van der Waals surface area contributed by atoms with Gasteiger partial charge in [0.25, 0.3) is 0 Å². The van der Waals surface area contributed by atoms with Gasteiger partial charge in [-0.15, -0.1) is 0 Å². The van der Waals surface area contributed by atoms with Gasteiger partial charge in [-0.25, -0.2) is 9.59 Å². The second-order valence-corrected chi connectivity index (χ2v) is 12.8. The molecule has 236 valence electrons. The van der Waals surface area contributed by atoms with E-state index in [9.17, 15) is 24.3 Å². The highest BCUT2D eigenvalue weighted by Crippen LogP contribution is 2.26. The number of hydrogen-bond acceptors (Lipinski definition) is 7. The molecule has 0 bridgehead atoms. The van der Waals surface area contributed by atoms with Crippen LogP contribution < -0.4 is 10.6 Å². The zero-order chi connectivity index (χ0) is 32.5. The molecule has 0 aromatic heterocycles. The van der Waals surface area contributed by atoms with Crippen LogP contribution in [-0.4, -0.2) is 63.7 Å². The van der Waals surface area contributed by atoms with Crippen LogP contribution >= 0.6 is 0 Å². The summed E-state index contributed by atoms with van der Waals surface area (Å²) < 4.78 is 11.0. The average Bonchev–Trinajstić information content (AvgIpc) is 2.88. The molecule has 43 heavy (non-hydrogen) atoms. The number of phenols is 1. The Bertz CT molecular complexity index is 1230. The first-order valence-corrected chi connectivity index (χ1v) is 14.6. The van der Waals surface area contributed by atoms with Crippen LogP contribution in [0.15, 0.2) is 54.6 Å². The summed E-state index contributed by atoms with van der Waals surface area (Å²) in [5.41, 5.74) is -0.350. The Kier molecular flexibility index (Phi) is 12.2. The van der Waals surface area contributed by atoms with E-state index in [1.54, 1.807) is 74.4 Å². The van der Waals surface area contributed by atoms with E-state index in [0.717, 1.165) is 5.56 Å². The minimum atomic E-state index is -1.19. The number of nitrogens with zero attached hydrogens (tertiary/aromatic N) is 1. The Morgan fingerprint density at radius 1 is 0.837 bits per heavy atom. The Morgan fingerprint density at radius 2 is 1.40 bits per heavy atom. The summed E-state index contributed by atoms with van der Waals surface area (Å²) in [4.78, 5) is 55.4. The Morgan fingerprint density at radius 3 is 1.88 bits per heavy atom. The van der Waals surface area contributed by atoms with E-state index >= 15 is 0 Å². The zero-order valence-corrected chi connectivity index (χ0v) is 26.8. The van der Waals surface area contributed by atoms with Gasteiger partial charge in [0.1, 0.15) is 35.1 Å². The lowest BCUT2D eigenvalue weighted by molar-refractivity contribution is -0.159. The first-order chi connectivity index (χ1) is 19.9. The molecule has 0 heterocycles. The molecule has 2 rings (SSSR count). The smallest absolute Gasteiger partial charge is 0.408 e. The predicted octanol–water partition coefficient (Wildman–Crippen LogP) is 4.90. The van der Waals surface area contributed by atoms with Crippen molar-refractivity contribution < 1.29 is 33.8 Å². The van der Waals surface area contributed by atoms with Crippen molar-refractivity contribution in [3.63, 3.8) is 0 Å². The summed E-state index contributed by atoms with van der Waals surface area (Å²) in [7, 11) is 0. The maximum atomic E-state index is 14.1. The molecule has 0 radical (unpaired) electrons. The molecule has 0 spiro atoms. The van der Waals surface area contributed by atoms with Gasteiger partial charge in [-0.2, -0.15) is 0 Å². The van der Waals surface area contributed by atoms with Crippen LogP contribution in [0.25, 0.3) is 0 Å².